The summed E-state index contributed by atoms with van der Waals surface area (Å²) in [5.74, 6) is 0. The minimum absolute atomic E-state index is 0.495. The Morgan fingerprint density at radius 1 is 1.50 bits per heavy atom. The van der Waals surface area contributed by atoms with E-state index in [2.05, 4.69) is 4.37 Å². The van der Waals surface area contributed by atoms with Crippen molar-refractivity contribution in [3.8, 4) is 6.07 Å². The molecule has 0 amide bonds. The molecule has 0 N–H and O–H groups in total. The van der Waals surface area contributed by atoms with Crippen molar-refractivity contribution in [2.24, 2.45) is 0 Å². The summed E-state index contributed by atoms with van der Waals surface area (Å²) in [4.78, 5) is 0. The number of rotatable bonds is 0. The van der Waals surface area contributed by atoms with Gasteiger partial charge in [-0.05, 0) is 23.7 Å². The highest BCUT2D eigenvalue weighted by atomic mass is 35.5. The van der Waals surface area contributed by atoms with Crippen LogP contribution in [-0.2, 0) is 0 Å². The van der Waals surface area contributed by atoms with E-state index in [-0.39, 0.29) is 0 Å². The summed E-state index contributed by atoms with van der Waals surface area (Å²) in [6.07, 6.45) is 1.73. The molecule has 0 aliphatic heterocycles. The van der Waals surface area contributed by atoms with E-state index in [4.69, 9.17) is 16.9 Å². The summed E-state index contributed by atoms with van der Waals surface area (Å²) in [5.41, 5.74) is 0.504. The lowest BCUT2D eigenvalue weighted by atomic mass is 10.2. The highest BCUT2D eigenvalue weighted by molar-refractivity contribution is 7.13. The highest BCUT2D eigenvalue weighted by Gasteiger charge is 2.03. The smallest absolute Gasteiger partial charge is 0.101 e. The van der Waals surface area contributed by atoms with Crippen LogP contribution in [0.25, 0.3) is 10.1 Å². The molecule has 0 radical (unpaired) electrons. The van der Waals surface area contributed by atoms with Gasteiger partial charge in [-0.2, -0.15) is 9.64 Å². The lowest BCUT2D eigenvalue weighted by Gasteiger charge is -1.92. The molecule has 4 heteroatoms. The number of aromatic nitrogens is 1. The molecular formula is C8H3ClN2S. The van der Waals surface area contributed by atoms with Crippen molar-refractivity contribution in [2.75, 3.05) is 0 Å². The summed E-state index contributed by atoms with van der Waals surface area (Å²) < 4.78 is 5.00. The second-order valence-corrected chi connectivity index (χ2v) is 3.55. The van der Waals surface area contributed by atoms with E-state index in [0.717, 1.165) is 10.1 Å². The van der Waals surface area contributed by atoms with E-state index < -0.39 is 0 Å². The number of halogens is 1. The van der Waals surface area contributed by atoms with Crippen molar-refractivity contribution in [2.45, 2.75) is 0 Å². The fourth-order valence-corrected chi connectivity index (χ4v) is 1.92. The molecule has 0 spiro atoms. The van der Waals surface area contributed by atoms with Crippen molar-refractivity contribution < 1.29 is 0 Å². The lowest BCUT2D eigenvalue weighted by Crippen LogP contribution is -1.74. The van der Waals surface area contributed by atoms with Crippen molar-refractivity contribution in [3.63, 3.8) is 0 Å². The van der Waals surface area contributed by atoms with Gasteiger partial charge in [0.15, 0.2) is 0 Å². The molecular weight excluding hydrogens is 192 g/mol. The molecule has 0 unspecified atom stereocenters. The second-order valence-electron chi connectivity index (χ2n) is 2.31. The van der Waals surface area contributed by atoms with Crippen molar-refractivity contribution >= 4 is 33.2 Å². The van der Waals surface area contributed by atoms with Gasteiger partial charge in [0.05, 0.1) is 15.3 Å². The topological polar surface area (TPSA) is 36.7 Å². The van der Waals surface area contributed by atoms with Crippen LogP contribution in [0.2, 0.25) is 5.02 Å². The van der Waals surface area contributed by atoms with E-state index in [1.165, 1.54) is 11.5 Å². The van der Waals surface area contributed by atoms with E-state index in [1.54, 1.807) is 18.3 Å². The molecule has 0 aliphatic carbocycles. The van der Waals surface area contributed by atoms with Crippen molar-refractivity contribution in [1.29, 1.82) is 5.26 Å². The monoisotopic (exact) mass is 194 g/mol. The molecule has 2 rings (SSSR count). The van der Waals surface area contributed by atoms with Gasteiger partial charge in [0, 0.05) is 11.6 Å². The van der Waals surface area contributed by atoms with Gasteiger partial charge in [0.2, 0.25) is 0 Å². The maximum absolute atomic E-state index is 8.66. The number of fused-ring (bicyclic) bond motifs is 1. The molecule has 12 heavy (non-hydrogen) atoms. The first-order chi connectivity index (χ1) is 5.81. The maximum Gasteiger partial charge on any atom is 0.101 e. The van der Waals surface area contributed by atoms with Crippen LogP contribution < -0.4 is 0 Å². The summed E-state index contributed by atoms with van der Waals surface area (Å²) in [6, 6.07) is 5.54. The molecule has 1 heterocycles. The third-order valence-electron chi connectivity index (χ3n) is 1.56. The summed E-state index contributed by atoms with van der Waals surface area (Å²) >= 11 is 7.19. The van der Waals surface area contributed by atoms with Gasteiger partial charge >= 0.3 is 0 Å². The molecule has 0 bridgehead atoms. The summed E-state index contributed by atoms with van der Waals surface area (Å²) in [6.45, 7) is 0. The normalized spacial score (nSPS) is 10.0. The van der Waals surface area contributed by atoms with Crippen molar-refractivity contribution in [1.82, 2.24) is 4.37 Å². The first-order valence-corrected chi connectivity index (χ1v) is 4.40. The van der Waals surface area contributed by atoms with E-state index in [9.17, 15) is 0 Å². The molecule has 1 aromatic carbocycles. The summed E-state index contributed by atoms with van der Waals surface area (Å²) in [5, 5.41) is 10.1. The molecule has 0 saturated heterocycles. The third-order valence-corrected chi connectivity index (χ3v) is 2.64. The first-order valence-electron chi connectivity index (χ1n) is 3.25. The molecule has 58 valence electrons. The Kier molecular flexibility index (Phi) is 1.72. The quantitative estimate of drug-likeness (QED) is 0.647. The van der Waals surface area contributed by atoms with Gasteiger partial charge in [0.25, 0.3) is 0 Å². The van der Waals surface area contributed by atoms with E-state index in [1.807, 2.05) is 6.07 Å². The molecule has 2 nitrogen and oxygen atoms in total. The van der Waals surface area contributed by atoms with Gasteiger partial charge in [-0.25, -0.2) is 0 Å². The Hall–Kier alpha value is -1.11. The number of nitriles is 1. The van der Waals surface area contributed by atoms with Crippen LogP contribution >= 0.6 is 23.1 Å². The molecule has 0 aliphatic rings. The molecule has 0 saturated carbocycles. The molecule has 1 aromatic heterocycles. The SMILES string of the molecule is N#Cc1cc2cnsc2cc1Cl. The predicted molar refractivity (Wildman–Crippen MR) is 49.3 cm³/mol. The molecule has 2 aromatic rings. The number of hydrogen-bond donors (Lipinski definition) is 0. The second kappa shape index (κ2) is 2.74. The Morgan fingerprint density at radius 3 is 3.08 bits per heavy atom. The molecule has 0 atom stereocenters. The first kappa shape index (κ1) is 7.53. The number of benzene rings is 1. The van der Waals surface area contributed by atoms with Gasteiger partial charge in [-0.15, -0.1) is 0 Å². The minimum atomic E-state index is 0.495. The fraction of sp³-hybridized carbons (Fsp3) is 0. The van der Waals surface area contributed by atoms with Crippen LogP contribution in [0.15, 0.2) is 18.3 Å². The predicted octanol–water partition coefficient (Wildman–Crippen LogP) is 2.82. The van der Waals surface area contributed by atoms with Gasteiger partial charge < -0.3 is 0 Å². The van der Waals surface area contributed by atoms with Gasteiger partial charge in [0.1, 0.15) is 6.07 Å². The fourth-order valence-electron chi connectivity index (χ4n) is 0.977. The maximum atomic E-state index is 8.66. The number of hydrogen-bond acceptors (Lipinski definition) is 3. The van der Waals surface area contributed by atoms with Crippen LogP contribution in [0.1, 0.15) is 5.56 Å². The Bertz CT molecular complexity index is 469. The van der Waals surface area contributed by atoms with Gasteiger partial charge in [-0.1, -0.05) is 11.6 Å². The summed E-state index contributed by atoms with van der Waals surface area (Å²) in [7, 11) is 0. The zero-order chi connectivity index (χ0) is 8.55. The Balaban J connectivity index is 2.84. The lowest BCUT2D eigenvalue weighted by molar-refractivity contribution is 1.50. The van der Waals surface area contributed by atoms with Crippen LogP contribution in [0, 0.1) is 11.3 Å². The zero-order valence-corrected chi connectivity index (χ0v) is 7.49. The van der Waals surface area contributed by atoms with Crippen LogP contribution in [0.3, 0.4) is 0 Å². The molecule has 0 fully saturated rings. The van der Waals surface area contributed by atoms with Crippen molar-refractivity contribution in [3.05, 3.63) is 28.9 Å². The average molecular weight is 195 g/mol. The van der Waals surface area contributed by atoms with E-state index in [0.29, 0.717) is 10.6 Å². The van der Waals surface area contributed by atoms with Gasteiger partial charge in [-0.3, -0.25) is 0 Å². The highest BCUT2D eigenvalue weighted by Crippen LogP contribution is 2.25. The standard InChI is InChI=1S/C8H3ClN2S/c9-7-2-8-6(4-11-12-8)1-5(7)3-10/h1-2,4H. The van der Waals surface area contributed by atoms with Crippen LogP contribution in [-0.4, -0.2) is 4.37 Å². The minimum Gasteiger partial charge on any atom is -0.200 e. The average Bonchev–Trinajstić information content (AvgIpc) is 2.49. The number of nitrogens with zero attached hydrogens (tertiary/aromatic N) is 2. The Morgan fingerprint density at radius 2 is 2.33 bits per heavy atom. The third kappa shape index (κ3) is 1.06. The van der Waals surface area contributed by atoms with Crippen LogP contribution in [0.5, 0.6) is 0 Å². The zero-order valence-electron chi connectivity index (χ0n) is 5.91. The van der Waals surface area contributed by atoms with E-state index >= 15 is 0 Å². The largest absolute Gasteiger partial charge is 0.200 e. The van der Waals surface area contributed by atoms with Crippen LogP contribution in [0.4, 0.5) is 0 Å². The Labute approximate surface area is 78.2 Å².